The minimum Gasteiger partial charge on any atom is -1.00 e. The maximum absolute atomic E-state index is 5.32. The number of ether oxygens (including phenoxy) is 2. The van der Waals surface area contributed by atoms with Crippen LogP contribution >= 0.6 is 0 Å². The zero-order valence-electron chi connectivity index (χ0n) is 11.7. The maximum Gasteiger partial charge on any atom is 0.123 e. The number of hydrogen-bond donors (Lipinski definition) is 1. The molecule has 2 aromatic rings. The van der Waals surface area contributed by atoms with Crippen molar-refractivity contribution in [2.24, 2.45) is 0 Å². The molecule has 0 atom stereocenters. The molecule has 4 heteroatoms. The molecule has 0 aromatic heterocycles. The highest BCUT2D eigenvalue weighted by molar-refractivity contribution is 5.33. The quantitative estimate of drug-likeness (QED) is 0.813. The number of benzene rings is 2. The fraction of sp³-hybridized carbons (Fsp3) is 0.250. The molecule has 0 aliphatic rings. The lowest BCUT2D eigenvalue weighted by atomic mass is 10.2. The van der Waals surface area contributed by atoms with Gasteiger partial charge in [0.1, 0.15) is 11.5 Å². The van der Waals surface area contributed by atoms with Crippen LogP contribution in [0, 0.1) is 0 Å². The molecule has 0 spiro atoms. The first kappa shape index (κ1) is 16.3. The van der Waals surface area contributed by atoms with Crippen LogP contribution in [0.4, 0.5) is 0 Å². The van der Waals surface area contributed by atoms with Gasteiger partial charge in [-0.15, -0.1) is 0 Å². The Hall–Kier alpha value is -1.71. The van der Waals surface area contributed by atoms with Crippen molar-refractivity contribution in [1.29, 1.82) is 0 Å². The topological polar surface area (TPSA) is 30.5 Å². The highest BCUT2D eigenvalue weighted by Gasteiger charge is 2.01. The molecule has 20 heavy (non-hydrogen) atoms. The predicted octanol–water partition coefficient (Wildman–Crippen LogP) is -0.00240. The highest BCUT2D eigenvalue weighted by atomic mass is 35.5. The van der Waals surface area contributed by atoms with E-state index in [0.717, 1.165) is 24.6 Å². The lowest BCUT2D eigenvalue weighted by Crippen LogP contribution is -3.00. The Labute approximate surface area is 126 Å². The lowest BCUT2D eigenvalue weighted by Gasteiger charge is -2.09. The fourth-order valence-corrected chi connectivity index (χ4v) is 1.93. The normalized spacial score (nSPS) is 9.70. The Balaban J connectivity index is 0.00000200. The standard InChI is InChI=1S/C16H19NO2.ClH/c1-18-15-9-7-13(8-10-15)11-17-12-14-5-3-4-6-16(14)19-2;/h3-10,17H,11-12H2,1-2H3;1H/p-1. The Bertz CT molecular complexity index is 514. The molecule has 0 saturated heterocycles. The molecular formula is C16H19ClNO2-. The third-order valence-electron chi connectivity index (χ3n) is 3.00. The molecule has 3 nitrogen and oxygen atoms in total. The molecule has 0 fully saturated rings. The van der Waals surface area contributed by atoms with Crippen LogP contribution < -0.4 is 27.2 Å². The van der Waals surface area contributed by atoms with Crippen LogP contribution in [-0.4, -0.2) is 14.2 Å². The average Bonchev–Trinajstić information content (AvgIpc) is 2.48. The summed E-state index contributed by atoms with van der Waals surface area (Å²) in [5, 5.41) is 3.41. The van der Waals surface area contributed by atoms with Crippen molar-refractivity contribution in [3.8, 4) is 11.5 Å². The van der Waals surface area contributed by atoms with E-state index in [2.05, 4.69) is 23.5 Å². The minimum atomic E-state index is 0. The zero-order chi connectivity index (χ0) is 13.5. The van der Waals surface area contributed by atoms with Crippen LogP contribution in [0.2, 0.25) is 0 Å². The largest absolute Gasteiger partial charge is 1.00 e. The summed E-state index contributed by atoms with van der Waals surface area (Å²) >= 11 is 0. The number of nitrogens with one attached hydrogen (secondary N) is 1. The number of methoxy groups -OCH3 is 2. The molecule has 0 aliphatic heterocycles. The van der Waals surface area contributed by atoms with Gasteiger partial charge in [0, 0.05) is 18.7 Å². The van der Waals surface area contributed by atoms with Gasteiger partial charge in [-0.1, -0.05) is 30.3 Å². The molecule has 0 amide bonds. The van der Waals surface area contributed by atoms with Crippen LogP contribution in [-0.2, 0) is 13.1 Å². The van der Waals surface area contributed by atoms with Crippen molar-refractivity contribution in [3.63, 3.8) is 0 Å². The summed E-state index contributed by atoms with van der Waals surface area (Å²) in [5.74, 6) is 1.80. The van der Waals surface area contributed by atoms with Crippen LogP contribution in [0.3, 0.4) is 0 Å². The second-order valence-electron chi connectivity index (χ2n) is 4.26. The molecule has 1 N–H and O–H groups in total. The van der Waals surface area contributed by atoms with Crippen molar-refractivity contribution < 1.29 is 21.9 Å². The predicted molar refractivity (Wildman–Crippen MR) is 76.5 cm³/mol. The number of rotatable bonds is 6. The van der Waals surface area contributed by atoms with Gasteiger partial charge in [0.2, 0.25) is 0 Å². The number of para-hydroxylation sites is 1. The molecule has 0 unspecified atom stereocenters. The van der Waals surface area contributed by atoms with Crippen molar-refractivity contribution >= 4 is 0 Å². The van der Waals surface area contributed by atoms with Crippen LogP contribution in [0.25, 0.3) is 0 Å². The van der Waals surface area contributed by atoms with Crippen molar-refractivity contribution in [2.75, 3.05) is 14.2 Å². The number of halogens is 1. The van der Waals surface area contributed by atoms with Gasteiger partial charge >= 0.3 is 0 Å². The maximum atomic E-state index is 5.32. The minimum absolute atomic E-state index is 0. The lowest BCUT2D eigenvalue weighted by molar-refractivity contribution is -0.00000450. The van der Waals surface area contributed by atoms with Gasteiger partial charge in [-0.2, -0.15) is 0 Å². The van der Waals surface area contributed by atoms with E-state index in [1.807, 2.05) is 30.3 Å². The van der Waals surface area contributed by atoms with Gasteiger partial charge in [-0.3, -0.25) is 0 Å². The van der Waals surface area contributed by atoms with E-state index in [-0.39, 0.29) is 12.4 Å². The fourth-order valence-electron chi connectivity index (χ4n) is 1.93. The molecule has 0 aliphatic carbocycles. The average molecular weight is 293 g/mol. The third kappa shape index (κ3) is 4.44. The molecule has 2 rings (SSSR count). The van der Waals surface area contributed by atoms with E-state index in [4.69, 9.17) is 9.47 Å². The second kappa shape index (κ2) is 8.46. The highest BCUT2D eigenvalue weighted by Crippen LogP contribution is 2.17. The summed E-state index contributed by atoms with van der Waals surface area (Å²) in [6.07, 6.45) is 0. The van der Waals surface area contributed by atoms with E-state index < -0.39 is 0 Å². The SMILES string of the molecule is COc1ccc(CNCc2ccccc2OC)cc1.[Cl-]. The Morgan fingerprint density at radius 3 is 2.20 bits per heavy atom. The molecule has 0 bridgehead atoms. The summed E-state index contributed by atoms with van der Waals surface area (Å²) in [6.45, 7) is 1.61. The summed E-state index contributed by atoms with van der Waals surface area (Å²) in [7, 11) is 3.37. The molecule has 0 heterocycles. The zero-order valence-corrected chi connectivity index (χ0v) is 12.5. The van der Waals surface area contributed by atoms with E-state index in [1.54, 1.807) is 14.2 Å². The van der Waals surface area contributed by atoms with Gasteiger partial charge in [-0.05, 0) is 23.8 Å². The smallest absolute Gasteiger partial charge is 0.123 e. The number of hydrogen-bond acceptors (Lipinski definition) is 3. The molecule has 0 radical (unpaired) electrons. The summed E-state index contributed by atoms with van der Waals surface area (Å²) in [6, 6.07) is 16.1. The molecule has 2 aromatic carbocycles. The van der Waals surface area contributed by atoms with E-state index >= 15 is 0 Å². The first-order chi connectivity index (χ1) is 9.33. The van der Waals surface area contributed by atoms with Crippen molar-refractivity contribution in [3.05, 3.63) is 59.7 Å². The summed E-state index contributed by atoms with van der Waals surface area (Å²) in [5.41, 5.74) is 2.40. The van der Waals surface area contributed by atoms with Crippen LogP contribution in [0.15, 0.2) is 48.5 Å². The van der Waals surface area contributed by atoms with E-state index in [1.165, 1.54) is 11.1 Å². The molecular weight excluding hydrogens is 274 g/mol. The monoisotopic (exact) mass is 292 g/mol. The summed E-state index contributed by atoms with van der Waals surface area (Å²) in [4.78, 5) is 0. The summed E-state index contributed by atoms with van der Waals surface area (Å²) < 4.78 is 10.5. The van der Waals surface area contributed by atoms with Crippen molar-refractivity contribution in [2.45, 2.75) is 13.1 Å². The van der Waals surface area contributed by atoms with Crippen molar-refractivity contribution in [1.82, 2.24) is 5.32 Å². The van der Waals surface area contributed by atoms with Gasteiger partial charge < -0.3 is 27.2 Å². The van der Waals surface area contributed by atoms with Gasteiger partial charge in [-0.25, -0.2) is 0 Å². The second-order valence-corrected chi connectivity index (χ2v) is 4.26. The Morgan fingerprint density at radius 2 is 1.55 bits per heavy atom. The van der Waals surface area contributed by atoms with Crippen LogP contribution in [0.1, 0.15) is 11.1 Å². The first-order valence-electron chi connectivity index (χ1n) is 6.29. The molecule has 108 valence electrons. The van der Waals surface area contributed by atoms with Gasteiger partial charge in [0.25, 0.3) is 0 Å². The van der Waals surface area contributed by atoms with E-state index in [9.17, 15) is 0 Å². The van der Waals surface area contributed by atoms with Gasteiger partial charge in [0.05, 0.1) is 14.2 Å². The van der Waals surface area contributed by atoms with Crippen LogP contribution in [0.5, 0.6) is 11.5 Å². The Morgan fingerprint density at radius 1 is 0.850 bits per heavy atom. The Kier molecular flexibility index (Phi) is 6.91. The first-order valence-corrected chi connectivity index (χ1v) is 6.29. The third-order valence-corrected chi connectivity index (χ3v) is 3.00. The molecule has 0 saturated carbocycles. The van der Waals surface area contributed by atoms with E-state index in [0.29, 0.717) is 0 Å². The van der Waals surface area contributed by atoms with Gasteiger partial charge in [0.15, 0.2) is 0 Å².